The fourth-order valence-electron chi connectivity index (χ4n) is 3.57. The van der Waals surface area contributed by atoms with E-state index in [1.54, 1.807) is 6.07 Å². The Morgan fingerprint density at radius 3 is 2.74 bits per heavy atom. The van der Waals surface area contributed by atoms with E-state index < -0.39 is 0 Å². The average molecular weight is 363 g/mol. The molecule has 0 aliphatic carbocycles. The Labute approximate surface area is 159 Å². The highest BCUT2D eigenvalue weighted by Gasteiger charge is 2.13. The van der Waals surface area contributed by atoms with Crippen molar-refractivity contribution in [3.63, 3.8) is 0 Å². The lowest BCUT2D eigenvalue weighted by atomic mass is 10.1. The molecule has 4 rings (SSSR count). The molecule has 0 saturated carbocycles. The fourth-order valence-corrected chi connectivity index (χ4v) is 3.57. The summed E-state index contributed by atoms with van der Waals surface area (Å²) >= 11 is 0. The second-order valence-corrected chi connectivity index (χ2v) is 7.11. The van der Waals surface area contributed by atoms with Gasteiger partial charge < -0.3 is 14.6 Å². The van der Waals surface area contributed by atoms with Gasteiger partial charge in [0, 0.05) is 18.5 Å². The maximum atomic E-state index is 12.4. The molecule has 0 spiro atoms. The maximum Gasteiger partial charge on any atom is 0.251 e. The number of hydrogen-bond acceptors (Lipinski definition) is 4. The van der Waals surface area contributed by atoms with Gasteiger partial charge in [-0.3, -0.25) is 4.79 Å². The number of hydrogen-bond donors (Lipinski definition) is 1. The number of carbonyl (C=O) groups excluding carboxylic acids is 1. The molecule has 2 aromatic carbocycles. The number of benzene rings is 2. The lowest BCUT2D eigenvalue weighted by molar-refractivity contribution is 0.0952. The van der Waals surface area contributed by atoms with Crippen LogP contribution in [0.1, 0.15) is 41.1 Å². The fraction of sp³-hybridized carbons (Fsp3) is 0.364. The lowest BCUT2D eigenvalue weighted by Gasteiger charge is -2.14. The first kappa shape index (κ1) is 17.7. The van der Waals surface area contributed by atoms with E-state index in [1.807, 2.05) is 30.3 Å². The summed E-state index contributed by atoms with van der Waals surface area (Å²) < 4.78 is 5.86. The number of amides is 1. The van der Waals surface area contributed by atoms with Crippen molar-refractivity contribution in [3.05, 3.63) is 65.5 Å². The molecule has 1 fully saturated rings. The van der Waals surface area contributed by atoms with Crippen LogP contribution in [0.4, 0.5) is 0 Å². The first-order valence-corrected chi connectivity index (χ1v) is 9.72. The normalized spacial score (nSPS) is 14.7. The summed E-state index contributed by atoms with van der Waals surface area (Å²) in [5.41, 5.74) is 3.21. The van der Waals surface area contributed by atoms with Gasteiger partial charge in [-0.15, -0.1) is 0 Å². The zero-order valence-electron chi connectivity index (χ0n) is 15.5. The van der Waals surface area contributed by atoms with Crippen molar-refractivity contribution in [1.29, 1.82) is 0 Å². The topological polar surface area (TPSA) is 58.4 Å². The summed E-state index contributed by atoms with van der Waals surface area (Å²) in [6.45, 7) is 4.15. The third-order valence-corrected chi connectivity index (χ3v) is 5.03. The van der Waals surface area contributed by atoms with Gasteiger partial charge in [-0.25, -0.2) is 4.98 Å². The second-order valence-electron chi connectivity index (χ2n) is 7.11. The van der Waals surface area contributed by atoms with Gasteiger partial charge in [-0.2, -0.15) is 0 Å². The predicted molar refractivity (Wildman–Crippen MR) is 106 cm³/mol. The zero-order chi connectivity index (χ0) is 18.5. The van der Waals surface area contributed by atoms with Crippen molar-refractivity contribution in [3.8, 4) is 0 Å². The Hall–Kier alpha value is -2.66. The van der Waals surface area contributed by atoms with Crippen LogP contribution >= 0.6 is 0 Å². The molecule has 0 unspecified atom stereocenters. The number of nitrogens with one attached hydrogen (secondary N) is 1. The summed E-state index contributed by atoms with van der Waals surface area (Å²) in [6, 6.07) is 15.6. The molecule has 2 heterocycles. The Kier molecular flexibility index (Phi) is 5.49. The molecule has 5 heteroatoms. The van der Waals surface area contributed by atoms with Gasteiger partial charge >= 0.3 is 0 Å². The van der Waals surface area contributed by atoms with Gasteiger partial charge in [0.05, 0.1) is 0 Å². The summed E-state index contributed by atoms with van der Waals surface area (Å²) in [5, 5.41) is 3.01. The van der Waals surface area contributed by atoms with Gasteiger partial charge in [0.1, 0.15) is 5.52 Å². The van der Waals surface area contributed by atoms with Crippen LogP contribution in [-0.2, 0) is 6.42 Å². The molecule has 140 valence electrons. The first-order valence-electron chi connectivity index (χ1n) is 9.72. The standard InChI is InChI=1S/C22H25N3O2/c26-22(23-11-6-14-25-12-4-5-13-25)18-9-10-19-20(16-18)27-21(24-19)15-17-7-2-1-3-8-17/h1-3,7-10,16H,4-6,11-15H2,(H,23,26). The highest BCUT2D eigenvalue weighted by molar-refractivity contribution is 5.97. The molecule has 0 atom stereocenters. The summed E-state index contributed by atoms with van der Waals surface area (Å²) in [4.78, 5) is 19.4. The molecule has 1 aromatic heterocycles. The molecular weight excluding hydrogens is 338 g/mol. The largest absolute Gasteiger partial charge is 0.440 e. The van der Waals surface area contributed by atoms with Crippen molar-refractivity contribution < 1.29 is 9.21 Å². The van der Waals surface area contributed by atoms with Crippen LogP contribution in [0.3, 0.4) is 0 Å². The third-order valence-electron chi connectivity index (χ3n) is 5.03. The molecule has 3 aromatic rings. The highest BCUT2D eigenvalue weighted by atomic mass is 16.3. The van der Waals surface area contributed by atoms with E-state index in [1.165, 1.54) is 25.9 Å². The molecule has 1 saturated heterocycles. The second kappa shape index (κ2) is 8.35. The first-order chi connectivity index (χ1) is 13.3. The van der Waals surface area contributed by atoms with E-state index in [0.29, 0.717) is 30.0 Å². The average Bonchev–Trinajstić information content (AvgIpc) is 3.34. The predicted octanol–water partition coefficient (Wildman–Crippen LogP) is 3.63. The maximum absolute atomic E-state index is 12.4. The van der Waals surface area contributed by atoms with Gasteiger partial charge in [0.2, 0.25) is 0 Å². The number of aromatic nitrogens is 1. The third kappa shape index (κ3) is 4.55. The van der Waals surface area contributed by atoms with E-state index >= 15 is 0 Å². The lowest BCUT2D eigenvalue weighted by Crippen LogP contribution is -2.28. The van der Waals surface area contributed by atoms with Crippen molar-refractivity contribution in [2.75, 3.05) is 26.2 Å². The Balaban J connectivity index is 1.35. The van der Waals surface area contributed by atoms with Gasteiger partial charge in [-0.1, -0.05) is 30.3 Å². The molecule has 0 bridgehead atoms. The number of rotatable bonds is 7. The number of oxazole rings is 1. The van der Waals surface area contributed by atoms with E-state index in [9.17, 15) is 4.79 Å². The molecule has 1 aliphatic rings. The Morgan fingerprint density at radius 2 is 1.93 bits per heavy atom. The van der Waals surface area contributed by atoms with Gasteiger partial charge in [0.15, 0.2) is 11.5 Å². The van der Waals surface area contributed by atoms with Gasteiger partial charge in [-0.05, 0) is 62.7 Å². The van der Waals surface area contributed by atoms with Crippen LogP contribution in [0, 0.1) is 0 Å². The minimum Gasteiger partial charge on any atom is -0.440 e. The molecule has 0 radical (unpaired) electrons. The van der Waals surface area contributed by atoms with Crippen LogP contribution in [0.15, 0.2) is 52.9 Å². The monoisotopic (exact) mass is 363 g/mol. The Morgan fingerprint density at radius 1 is 1.11 bits per heavy atom. The molecule has 1 N–H and O–H groups in total. The number of carbonyl (C=O) groups is 1. The summed E-state index contributed by atoms with van der Waals surface area (Å²) in [7, 11) is 0. The van der Waals surface area contributed by atoms with Crippen molar-refractivity contribution >= 4 is 17.0 Å². The van der Waals surface area contributed by atoms with E-state index in [4.69, 9.17) is 4.42 Å². The van der Waals surface area contributed by atoms with Crippen molar-refractivity contribution in [2.24, 2.45) is 0 Å². The molecule has 27 heavy (non-hydrogen) atoms. The quantitative estimate of drug-likeness (QED) is 0.651. The number of nitrogens with zero attached hydrogens (tertiary/aromatic N) is 2. The van der Waals surface area contributed by atoms with E-state index in [0.717, 1.165) is 24.0 Å². The van der Waals surface area contributed by atoms with Crippen molar-refractivity contribution in [1.82, 2.24) is 15.2 Å². The molecule has 1 amide bonds. The minimum absolute atomic E-state index is 0.0562. The highest BCUT2D eigenvalue weighted by Crippen LogP contribution is 2.19. The van der Waals surface area contributed by atoms with Crippen LogP contribution in [0.5, 0.6) is 0 Å². The van der Waals surface area contributed by atoms with Crippen LogP contribution < -0.4 is 5.32 Å². The summed E-state index contributed by atoms with van der Waals surface area (Å²) in [6.07, 6.45) is 4.23. The SMILES string of the molecule is O=C(NCCCN1CCCC1)c1ccc2nc(Cc3ccccc3)oc2c1. The van der Waals surface area contributed by atoms with Gasteiger partial charge in [0.25, 0.3) is 5.91 Å². The van der Waals surface area contributed by atoms with Crippen LogP contribution in [-0.4, -0.2) is 42.0 Å². The van der Waals surface area contributed by atoms with E-state index in [-0.39, 0.29) is 5.91 Å². The Bertz CT molecular complexity index is 898. The molecule has 1 aliphatic heterocycles. The molecule has 5 nitrogen and oxygen atoms in total. The minimum atomic E-state index is -0.0562. The number of fused-ring (bicyclic) bond motifs is 1. The molecular formula is C22H25N3O2. The van der Waals surface area contributed by atoms with E-state index in [2.05, 4.69) is 27.3 Å². The zero-order valence-corrected chi connectivity index (χ0v) is 15.5. The van der Waals surface area contributed by atoms with Crippen LogP contribution in [0.2, 0.25) is 0 Å². The van der Waals surface area contributed by atoms with Crippen molar-refractivity contribution in [2.45, 2.75) is 25.7 Å². The summed E-state index contributed by atoms with van der Waals surface area (Å²) in [5.74, 6) is 0.610. The number of likely N-dealkylation sites (tertiary alicyclic amines) is 1. The smallest absolute Gasteiger partial charge is 0.251 e. The van der Waals surface area contributed by atoms with Crippen LogP contribution in [0.25, 0.3) is 11.1 Å².